The zero-order chi connectivity index (χ0) is 51.7. The van der Waals surface area contributed by atoms with E-state index in [9.17, 15) is 0 Å². The van der Waals surface area contributed by atoms with Crippen molar-refractivity contribution >= 4 is 118 Å². The normalized spacial score (nSPS) is 12.1. The van der Waals surface area contributed by atoms with Gasteiger partial charge in [-0.1, -0.05) is 212 Å². The van der Waals surface area contributed by atoms with Crippen LogP contribution < -0.4 is 0 Å². The van der Waals surface area contributed by atoms with Gasteiger partial charge >= 0.3 is 0 Å². The van der Waals surface area contributed by atoms with E-state index >= 15 is 0 Å². The first-order valence-corrected chi connectivity index (χ1v) is 28.1. The third-order valence-electron chi connectivity index (χ3n) is 16.9. The highest BCUT2D eigenvalue weighted by Crippen LogP contribution is 2.52. The number of thiophene rings is 1. The monoisotopic (exact) mass is 1020 g/mol. The lowest BCUT2D eigenvalue weighted by molar-refractivity contribution is 1.18. The Morgan fingerprint density at radius 2 is 0.570 bits per heavy atom. The summed E-state index contributed by atoms with van der Waals surface area (Å²) in [6.45, 7) is 0. The zero-order valence-corrected chi connectivity index (χ0v) is 43.7. The molecule has 0 atom stereocenters. The molecule has 0 bridgehead atoms. The second-order valence-corrected chi connectivity index (χ2v) is 22.0. The molecule has 0 spiro atoms. The largest absolute Gasteiger partial charge is 0.309 e. The Morgan fingerprint density at radius 1 is 0.228 bits per heavy atom. The predicted molar refractivity (Wildman–Crippen MR) is 340 cm³/mol. The minimum atomic E-state index is 1.16. The number of para-hydroxylation sites is 4. The summed E-state index contributed by atoms with van der Waals surface area (Å²) < 4.78 is 7.39. The van der Waals surface area contributed by atoms with Gasteiger partial charge in [0.15, 0.2) is 0 Å². The lowest BCUT2D eigenvalue weighted by atomic mass is 9.84. The van der Waals surface area contributed by atoms with Gasteiger partial charge in [-0.25, -0.2) is 0 Å². The Hall–Kier alpha value is -10.1. The Balaban J connectivity index is 0.872. The molecule has 3 heterocycles. The highest BCUT2D eigenvalue weighted by atomic mass is 32.1. The highest BCUT2D eigenvalue weighted by molar-refractivity contribution is 7.26. The third kappa shape index (κ3) is 6.45. The third-order valence-corrected chi connectivity index (χ3v) is 18.1. The molecule has 0 N–H and O–H groups in total. The van der Waals surface area contributed by atoms with Crippen molar-refractivity contribution < 1.29 is 0 Å². The average molecular weight is 1020 g/mol. The number of nitrogens with zero attached hydrogens (tertiary/aromatic N) is 2. The molecule has 0 fully saturated rings. The van der Waals surface area contributed by atoms with Crippen molar-refractivity contribution in [1.82, 2.24) is 9.13 Å². The maximum absolute atomic E-state index is 2.43. The number of rotatable bonds is 6. The van der Waals surface area contributed by atoms with Crippen LogP contribution >= 0.6 is 11.3 Å². The van der Waals surface area contributed by atoms with Crippen LogP contribution in [0.5, 0.6) is 0 Å². The number of benzene rings is 14. The Kier molecular flexibility index (Phi) is 9.62. The molecule has 0 radical (unpaired) electrons. The summed E-state index contributed by atoms with van der Waals surface area (Å²) in [4.78, 5) is 0. The first-order chi connectivity index (χ1) is 39.2. The quantitative estimate of drug-likeness (QED) is 0.147. The van der Waals surface area contributed by atoms with Crippen LogP contribution in [0.15, 0.2) is 279 Å². The number of hydrogen-bond acceptors (Lipinski definition) is 1. The summed E-state index contributed by atoms with van der Waals surface area (Å²) in [5.74, 6) is 0. The van der Waals surface area contributed by atoms with Crippen molar-refractivity contribution in [1.29, 1.82) is 0 Å². The van der Waals surface area contributed by atoms with Crippen LogP contribution in [-0.2, 0) is 0 Å². The first kappa shape index (κ1) is 44.1. The summed E-state index contributed by atoms with van der Waals surface area (Å²) in [6.07, 6.45) is 0. The van der Waals surface area contributed by atoms with Gasteiger partial charge in [0.05, 0.1) is 22.1 Å². The fraction of sp³-hybridized carbons (Fsp3) is 0. The van der Waals surface area contributed by atoms with Gasteiger partial charge in [0.25, 0.3) is 0 Å². The van der Waals surface area contributed by atoms with Crippen molar-refractivity contribution in [2.24, 2.45) is 0 Å². The van der Waals surface area contributed by atoms with Crippen LogP contribution in [0, 0.1) is 0 Å². The molecule has 0 saturated carbocycles. The maximum atomic E-state index is 2.43. The smallest absolute Gasteiger partial charge is 0.0541 e. The topological polar surface area (TPSA) is 9.86 Å². The van der Waals surface area contributed by atoms with Gasteiger partial charge in [0.2, 0.25) is 0 Å². The van der Waals surface area contributed by atoms with E-state index in [2.05, 4.69) is 288 Å². The second-order valence-electron chi connectivity index (χ2n) is 21.0. The van der Waals surface area contributed by atoms with Gasteiger partial charge in [0, 0.05) is 58.7 Å². The van der Waals surface area contributed by atoms with Crippen molar-refractivity contribution in [3.05, 3.63) is 279 Å². The van der Waals surface area contributed by atoms with Gasteiger partial charge in [-0.2, -0.15) is 0 Å². The lowest BCUT2D eigenvalue weighted by Gasteiger charge is -2.19. The van der Waals surface area contributed by atoms with E-state index < -0.39 is 0 Å². The first-order valence-electron chi connectivity index (χ1n) is 27.2. The van der Waals surface area contributed by atoms with Gasteiger partial charge in [-0.15, -0.1) is 11.3 Å². The molecule has 0 amide bonds. The maximum Gasteiger partial charge on any atom is 0.0541 e. The minimum Gasteiger partial charge on any atom is -0.309 e. The molecule has 0 aliphatic rings. The van der Waals surface area contributed by atoms with Crippen LogP contribution in [0.4, 0.5) is 0 Å². The Bertz CT molecular complexity index is 5250. The Morgan fingerprint density at radius 3 is 1.03 bits per heavy atom. The molecule has 0 unspecified atom stereocenters. The van der Waals surface area contributed by atoms with Gasteiger partial charge in [-0.05, 0) is 149 Å². The van der Waals surface area contributed by atoms with Crippen LogP contribution in [0.2, 0.25) is 0 Å². The molecule has 17 aromatic rings. The summed E-state index contributed by atoms with van der Waals surface area (Å²) in [6, 6.07) is 104. The lowest BCUT2D eigenvalue weighted by Crippen LogP contribution is -1.93. The SMILES string of the molecule is c1ccc(-n2c3ccccc3c3cc(-c4c5ccccc5c(-c5cccc6c5sc5cccc(-c7c8ccccc8c(-c8ccc9c(c8)c8ccccc8n9-c8ccccc8)c8ccccc78)c56)c5ccccc45)ccc32)cc1. The van der Waals surface area contributed by atoms with Crippen molar-refractivity contribution in [3.8, 4) is 55.9 Å². The van der Waals surface area contributed by atoms with Crippen LogP contribution in [0.3, 0.4) is 0 Å². The van der Waals surface area contributed by atoms with E-state index in [0.29, 0.717) is 0 Å². The molecule has 0 aliphatic heterocycles. The van der Waals surface area contributed by atoms with Gasteiger partial charge in [0.1, 0.15) is 0 Å². The average Bonchev–Trinajstić information content (AvgIpc) is 4.41. The van der Waals surface area contributed by atoms with E-state index in [1.54, 1.807) is 0 Å². The minimum absolute atomic E-state index is 1.16. The molecule has 0 saturated heterocycles. The standard InChI is InChI=1S/C76H46N2S/c1-3-21-49(22-4-1)77-66-38-17-15-25-51(66)64-45-47(41-43-68(64)77)71-53-27-7-11-31-57(53)73(58-32-12-8-28-54(58)71)61-35-20-40-70-75(61)63-37-19-36-62(76(63)79-70)74-59-33-13-9-29-55(59)72(56-30-10-14-34-60(56)74)48-42-44-69-65(46-48)52-26-16-18-39-67(52)78(69)50-23-5-2-6-24-50/h1-46H. The number of aromatic nitrogens is 2. The fourth-order valence-electron chi connectivity index (χ4n) is 13.7. The molecule has 3 heteroatoms. The van der Waals surface area contributed by atoms with Gasteiger partial charge < -0.3 is 9.13 Å². The van der Waals surface area contributed by atoms with Crippen molar-refractivity contribution in [2.75, 3.05) is 0 Å². The molecule has 0 aliphatic carbocycles. The number of hydrogen-bond donors (Lipinski definition) is 0. The summed E-state index contributed by atoms with van der Waals surface area (Å²) in [5, 5.41) is 17.6. The molecular weight excluding hydrogens is 973 g/mol. The van der Waals surface area contributed by atoms with E-state index in [1.165, 1.54) is 151 Å². The van der Waals surface area contributed by atoms with E-state index in [4.69, 9.17) is 0 Å². The number of fused-ring (bicyclic) bond motifs is 13. The molecule has 79 heavy (non-hydrogen) atoms. The van der Waals surface area contributed by atoms with E-state index in [-0.39, 0.29) is 0 Å². The van der Waals surface area contributed by atoms with E-state index in [0.717, 1.165) is 11.4 Å². The summed E-state index contributed by atoms with van der Waals surface area (Å²) >= 11 is 1.92. The predicted octanol–water partition coefficient (Wildman–Crippen LogP) is 21.5. The second kappa shape index (κ2) is 17.2. The fourth-order valence-corrected chi connectivity index (χ4v) is 14.9. The highest BCUT2D eigenvalue weighted by Gasteiger charge is 2.24. The van der Waals surface area contributed by atoms with Crippen molar-refractivity contribution in [3.63, 3.8) is 0 Å². The van der Waals surface area contributed by atoms with Crippen LogP contribution in [0.1, 0.15) is 0 Å². The Labute approximate surface area is 459 Å². The molecule has 3 aromatic heterocycles. The molecule has 366 valence electrons. The summed E-state index contributed by atoms with van der Waals surface area (Å²) in [7, 11) is 0. The van der Waals surface area contributed by atoms with Crippen LogP contribution in [-0.4, -0.2) is 9.13 Å². The van der Waals surface area contributed by atoms with Gasteiger partial charge in [-0.3, -0.25) is 0 Å². The van der Waals surface area contributed by atoms with Crippen molar-refractivity contribution in [2.45, 2.75) is 0 Å². The molecule has 17 rings (SSSR count). The zero-order valence-electron chi connectivity index (χ0n) is 42.9. The van der Waals surface area contributed by atoms with E-state index in [1.807, 2.05) is 11.3 Å². The molecular formula is C76H46N2S. The molecule has 2 nitrogen and oxygen atoms in total. The summed E-state index contributed by atoms with van der Waals surface area (Å²) in [5.41, 5.74) is 17.2. The van der Waals surface area contributed by atoms with Crippen LogP contribution in [0.25, 0.3) is 163 Å². The molecule has 14 aromatic carbocycles.